The maximum Gasteiger partial charge on any atom is -0.00191 e. The zero-order valence-corrected chi connectivity index (χ0v) is 12.5. The zero-order valence-electron chi connectivity index (χ0n) is 12.5. The fraction of sp³-hybridized carbons (Fsp3) is 1.00. The highest BCUT2D eigenvalue weighted by molar-refractivity contribution is 4.70. The van der Waals surface area contributed by atoms with E-state index in [1.165, 1.54) is 90.1 Å². The molecule has 1 heteroatoms. The summed E-state index contributed by atoms with van der Waals surface area (Å²) in [5.41, 5.74) is 0. The van der Waals surface area contributed by atoms with Gasteiger partial charge in [0, 0.05) is 0 Å². The Hall–Kier alpha value is -0.0400. The van der Waals surface area contributed by atoms with Crippen LogP contribution in [0.3, 0.4) is 0 Å². The van der Waals surface area contributed by atoms with E-state index in [1.807, 2.05) is 0 Å². The Kier molecular flexibility index (Phi) is 6.54. The van der Waals surface area contributed by atoms with Gasteiger partial charge in [0.1, 0.15) is 0 Å². The first-order valence-corrected chi connectivity index (χ1v) is 8.53. The van der Waals surface area contributed by atoms with Crippen molar-refractivity contribution in [2.24, 2.45) is 11.8 Å². The van der Waals surface area contributed by atoms with Gasteiger partial charge in [-0.3, -0.25) is 0 Å². The molecule has 2 aliphatic rings. The first kappa shape index (κ1) is 14.4. The molecule has 106 valence electrons. The minimum Gasteiger partial charge on any atom is -0.306 e. The Morgan fingerprint density at radius 1 is 0.667 bits per heavy atom. The van der Waals surface area contributed by atoms with Crippen molar-refractivity contribution in [2.75, 3.05) is 20.1 Å². The smallest absolute Gasteiger partial charge is 0.00191 e. The second-order valence-electron chi connectivity index (χ2n) is 6.89. The third-order valence-corrected chi connectivity index (χ3v) is 5.29. The molecule has 0 saturated heterocycles. The first-order chi connectivity index (χ1) is 8.84. The lowest BCUT2D eigenvalue weighted by Gasteiger charge is -2.27. The van der Waals surface area contributed by atoms with E-state index in [4.69, 9.17) is 0 Å². The van der Waals surface area contributed by atoms with Crippen molar-refractivity contribution in [2.45, 2.75) is 77.0 Å². The Morgan fingerprint density at radius 3 is 1.44 bits per heavy atom. The highest BCUT2D eigenvalue weighted by atomic mass is 15.1. The van der Waals surface area contributed by atoms with Gasteiger partial charge in [-0.25, -0.2) is 0 Å². The van der Waals surface area contributed by atoms with Crippen LogP contribution in [0.25, 0.3) is 0 Å². The zero-order chi connectivity index (χ0) is 12.6. The van der Waals surface area contributed by atoms with Crippen LogP contribution in [0.5, 0.6) is 0 Å². The van der Waals surface area contributed by atoms with Crippen molar-refractivity contribution >= 4 is 0 Å². The van der Waals surface area contributed by atoms with Gasteiger partial charge in [0.2, 0.25) is 0 Å². The van der Waals surface area contributed by atoms with Crippen LogP contribution in [0, 0.1) is 11.8 Å². The molecule has 0 bridgehead atoms. The van der Waals surface area contributed by atoms with Crippen LogP contribution in [0.4, 0.5) is 0 Å². The van der Waals surface area contributed by atoms with Crippen LogP contribution in [0.2, 0.25) is 0 Å². The minimum absolute atomic E-state index is 1.05. The number of hydrogen-bond donors (Lipinski definition) is 0. The van der Waals surface area contributed by atoms with Crippen LogP contribution >= 0.6 is 0 Å². The Bertz CT molecular complexity index is 180. The average molecular weight is 251 g/mol. The SMILES string of the molecule is CN(CCC1CCCCC1)CCC1CCCCC1. The van der Waals surface area contributed by atoms with E-state index in [1.54, 1.807) is 0 Å². The molecule has 2 saturated carbocycles. The van der Waals surface area contributed by atoms with Crippen molar-refractivity contribution in [3.05, 3.63) is 0 Å². The number of nitrogens with zero attached hydrogens (tertiary/aromatic N) is 1. The van der Waals surface area contributed by atoms with E-state index in [0.717, 1.165) is 11.8 Å². The summed E-state index contributed by atoms with van der Waals surface area (Å²) in [5.74, 6) is 2.10. The Morgan fingerprint density at radius 2 is 1.06 bits per heavy atom. The van der Waals surface area contributed by atoms with Crippen LogP contribution in [0.15, 0.2) is 0 Å². The molecule has 0 radical (unpaired) electrons. The normalized spacial score (nSPS) is 23.7. The van der Waals surface area contributed by atoms with E-state index in [2.05, 4.69) is 11.9 Å². The minimum atomic E-state index is 1.05. The van der Waals surface area contributed by atoms with Crippen LogP contribution < -0.4 is 0 Å². The summed E-state index contributed by atoms with van der Waals surface area (Å²) in [6.45, 7) is 2.69. The van der Waals surface area contributed by atoms with Gasteiger partial charge in [-0.2, -0.15) is 0 Å². The molecule has 0 N–H and O–H groups in total. The first-order valence-electron chi connectivity index (χ1n) is 8.53. The largest absolute Gasteiger partial charge is 0.306 e. The van der Waals surface area contributed by atoms with E-state index in [0.29, 0.717) is 0 Å². The third-order valence-electron chi connectivity index (χ3n) is 5.29. The quantitative estimate of drug-likeness (QED) is 0.651. The predicted octanol–water partition coefficient (Wildman–Crippen LogP) is 4.86. The molecule has 0 heterocycles. The van der Waals surface area contributed by atoms with Crippen molar-refractivity contribution < 1.29 is 0 Å². The number of rotatable bonds is 6. The van der Waals surface area contributed by atoms with Crippen LogP contribution in [-0.4, -0.2) is 25.0 Å². The molecule has 2 aliphatic carbocycles. The summed E-state index contributed by atoms with van der Waals surface area (Å²) in [6, 6.07) is 0. The van der Waals surface area contributed by atoms with Gasteiger partial charge in [0.15, 0.2) is 0 Å². The number of hydrogen-bond acceptors (Lipinski definition) is 1. The van der Waals surface area contributed by atoms with Crippen molar-refractivity contribution in [3.63, 3.8) is 0 Å². The molecule has 0 aliphatic heterocycles. The van der Waals surface area contributed by atoms with E-state index < -0.39 is 0 Å². The lowest BCUT2D eigenvalue weighted by Crippen LogP contribution is -2.25. The van der Waals surface area contributed by atoms with Gasteiger partial charge in [-0.1, -0.05) is 64.2 Å². The van der Waals surface area contributed by atoms with Crippen LogP contribution in [-0.2, 0) is 0 Å². The fourth-order valence-electron chi connectivity index (χ4n) is 3.87. The maximum absolute atomic E-state index is 2.60. The van der Waals surface area contributed by atoms with Crippen molar-refractivity contribution in [3.8, 4) is 0 Å². The summed E-state index contributed by atoms with van der Waals surface area (Å²) in [5, 5.41) is 0. The van der Waals surface area contributed by atoms with E-state index >= 15 is 0 Å². The van der Waals surface area contributed by atoms with Gasteiger partial charge in [-0.15, -0.1) is 0 Å². The van der Waals surface area contributed by atoms with Gasteiger partial charge in [0.25, 0.3) is 0 Å². The van der Waals surface area contributed by atoms with Gasteiger partial charge in [0.05, 0.1) is 0 Å². The molecule has 2 fully saturated rings. The molecular formula is C17H33N. The van der Waals surface area contributed by atoms with Crippen molar-refractivity contribution in [1.29, 1.82) is 0 Å². The Balaban J connectivity index is 1.52. The summed E-state index contributed by atoms with van der Waals surface area (Å²) in [4.78, 5) is 2.60. The molecule has 0 unspecified atom stereocenters. The molecule has 0 aromatic rings. The lowest BCUT2D eigenvalue weighted by atomic mass is 9.86. The van der Waals surface area contributed by atoms with E-state index in [9.17, 15) is 0 Å². The van der Waals surface area contributed by atoms with Gasteiger partial charge in [-0.05, 0) is 44.8 Å². The maximum atomic E-state index is 2.60. The Labute approximate surface area is 114 Å². The molecule has 18 heavy (non-hydrogen) atoms. The topological polar surface area (TPSA) is 3.24 Å². The van der Waals surface area contributed by atoms with Crippen molar-refractivity contribution in [1.82, 2.24) is 4.90 Å². The average Bonchev–Trinajstić information content (AvgIpc) is 2.45. The standard InChI is InChI=1S/C17H33N/c1-18(14-12-16-8-4-2-5-9-16)15-13-17-10-6-3-7-11-17/h16-17H,2-15H2,1H3. The molecule has 0 aromatic heterocycles. The predicted molar refractivity (Wildman–Crippen MR) is 79.9 cm³/mol. The summed E-state index contributed by atoms with van der Waals surface area (Å²) >= 11 is 0. The molecular weight excluding hydrogens is 218 g/mol. The highest BCUT2D eigenvalue weighted by Gasteiger charge is 2.16. The second-order valence-corrected chi connectivity index (χ2v) is 6.89. The highest BCUT2D eigenvalue weighted by Crippen LogP contribution is 2.27. The molecule has 1 nitrogen and oxygen atoms in total. The molecule has 0 amide bonds. The van der Waals surface area contributed by atoms with E-state index in [-0.39, 0.29) is 0 Å². The fourth-order valence-corrected chi connectivity index (χ4v) is 3.87. The summed E-state index contributed by atoms with van der Waals surface area (Å²) in [6.07, 6.45) is 17.9. The summed E-state index contributed by atoms with van der Waals surface area (Å²) < 4.78 is 0. The molecule has 0 aromatic carbocycles. The molecule has 0 atom stereocenters. The third kappa shape index (κ3) is 5.30. The lowest BCUT2D eigenvalue weighted by molar-refractivity contribution is 0.236. The molecule has 2 rings (SSSR count). The van der Waals surface area contributed by atoms with Crippen LogP contribution in [0.1, 0.15) is 77.0 Å². The van der Waals surface area contributed by atoms with Gasteiger partial charge < -0.3 is 4.90 Å². The summed E-state index contributed by atoms with van der Waals surface area (Å²) in [7, 11) is 2.34. The monoisotopic (exact) mass is 251 g/mol. The second kappa shape index (κ2) is 8.19. The molecule has 0 spiro atoms. The van der Waals surface area contributed by atoms with Gasteiger partial charge >= 0.3 is 0 Å².